The van der Waals surface area contributed by atoms with E-state index >= 15 is 0 Å². The van der Waals surface area contributed by atoms with Crippen molar-refractivity contribution in [1.29, 1.82) is 0 Å². The fourth-order valence-electron chi connectivity index (χ4n) is 2.33. The number of carbonyl (C=O) groups excluding carboxylic acids is 1. The zero-order chi connectivity index (χ0) is 15.9. The highest BCUT2D eigenvalue weighted by Gasteiger charge is 2.18. The van der Waals surface area contributed by atoms with Gasteiger partial charge in [-0.2, -0.15) is 0 Å². The molecule has 1 heterocycles. The number of unbranched alkanes of at least 4 members (excludes halogenated alkanes) is 2. The Balaban J connectivity index is 2.61. The van der Waals surface area contributed by atoms with E-state index in [1.165, 1.54) is 0 Å². The molecule has 0 saturated carbocycles. The molecule has 2 aromatic rings. The summed E-state index contributed by atoms with van der Waals surface area (Å²) in [6.07, 6.45) is 2.99. The summed E-state index contributed by atoms with van der Waals surface area (Å²) in [6, 6.07) is 7.77. The van der Waals surface area contributed by atoms with Crippen molar-refractivity contribution in [1.82, 2.24) is 4.98 Å². The van der Waals surface area contributed by atoms with Gasteiger partial charge in [-0.25, -0.2) is 4.79 Å². The fourth-order valence-corrected chi connectivity index (χ4v) is 2.33. The van der Waals surface area contributed by atoms with Crippen LogP contribution in [0.2, 0.25) is 0 Å². The third kappa shape index (κ3) is 3.46. The van der Waals surface area contributed by atoms with Crippen molar-refractivity contribution in [2.24, 2.45) is 0 Å². The minimum atomic E-state index is -0.349. The van der Waals surface area contributed by atoms with E-state index in [9.17, 15) is 4.79 Å². The first-order valence-electron chi connectivity index (χ1n) is 7.74. The summed E-state index contributed by atoms with van der Waals surface area (Å²) < 4.78 is 5.18. The summed E-state index contributed by atoms with van der Waals surface area (Å²) in [4.78, 5) is 16.8. The summed E-state index contributed by atoms with van der Waals surface area (Å²) in [6.45, 7) is 6.11. The van der Waals surface area contributed by atoms with Gasteiger partial charge >= 0.3 is 5.97 Å². The van der Waals surface area contributed by atoms with Gasteiger partial charge in [0.25, 0.3) is 0 Å². The van der Waals surface area contributed by atoms with Gasteiger partial charge < -0.3 is 4.74 Å². The van der Waals surface area contributed by atoms with Gasteiger partial charge in [-0.3, -0.25) is 4.98 Å². The monoisotopic (exact) mass is 295 g/mol. The lowest BCUT2D eigenvalue weighted by molar-refractivity contribution is 0.0525. The van der Waals surface area contributed by atoms with Crippen LogP contribution in [0.1, 0.15) is 54.7 Å². The smallest absolute Gasteiger partial charge is 0.341 e. The number of hydrogen-bond acceptors (Lipinski definition) is 3. The second-order valence-corrected chi connectivity index (χ2v) is 5.09. The lowest BCUT2D eigenvalue weighted by atomic mass is 10.0. The quantitative estimate of drug-likeness (QED) is 0.480. The van der Waals surface area contributed by atoms with E-state index in [1.807, 2.05) is 31.2 Å². The molecule has 1 aromatic heterocycles. The Morgan fingerprint density at radius 3 is 2.77 bits per heavy atom. The maximum absolute atomic E-state index is 12.3. The zero-order valence-electron chi connectivity index (χ0n) is 13.4. The Morgan fingerprint density at radius 1 is 1.27 bits per heavy atom. The molecule has 0 aliphatic heterocycles. The summed E-state index contributed by atoms with van der Waals surface area (Å²) in [5.74, 6) is 6.01. The molecule has 0 aliphatic rings. The van der Waals surface area contributed by atoms with Crippen LogP contribution in [-0.2, 0) is 4.74 Å². The largest absolute Gasteiger partial charge is 0.462 e. The topological polar surface area (TPSA) is 39.2 Å². The maximum Gasteiger partial charge on any atom is 0.341 e. The van der Waals surface area contributed by atoms with Crippen molar-refractivity contribution in [2.75, 3.05) is 6.61 Å². The lowest BCUT2D eigenvalue weighted by Gasteiger charge is -2.10. The molecule has 3 heteroatoms. The van der Waals surface area contributed by atoms with Crippen LogP contribution in [0.4, 0.5) is 0 Å². The van der Waals surface area contributed by atoms with Crippen molar-refractivity contribution < 1.29 is 9.53 Å². The second-order valence-electron chi connectivity index (χ2n) is 5.09. The van der Waals surface area contributed by atoms with Crippen LogP contribution in [0.5, 0.6) is 0 Å². The predicted molar refractivity (Wildman–Crippen MR) is 88.8 cm³/mol. The molecule has 3 nitrogen and oxygen atoms in total. The van der Waals surface area contributed by atoms with Crippen LogP contribution in [0, 0.1) is 18.8 Å². The van der Waals surface area contributed by atoms with Gasteiger partial charge in [0.2, 0.25) is 0 Å². The number of aromatic nitrogens is 1. The van der Waals surface area contributed by atoms with Gasteiger partial charge in [0, 0.05) is 11.8 Å². The van der Waals surface area contributed by atoms with Crippen molar-refractivity contribution in [2.45, 2.75) is 40.0 Å². The number of rotatable bonds is 4. The molecule has 0 spiro atoms. The average Bonchev–Trinajstić information content (AvgIpc) is 2.51. The van der Waals surface area contributed by atoms with Gasteiger partial charge in [0.15, 0.2) is 0 Å². The number of carbonyl (C=O) groups is 1. The van der Waals surface area contributed by atoms with E-state index in [2.05, 4.69) is 23.7 Å². The van der Waals surface area contributed by atoms with Crippen LogP contribution in [0.25, 0.3) is 10.9 Å². The molecule has 0 radical (unpaired) electrons. The first kappa shape index (κ1) is 16.0. The Morgan fingerprint density at radius 2 is 2.05 bits per heavy atom. The molecule has 0 unspecified atom stereocenters. The molecule has 0 aliphatic carbocycles. The van der Waals surface area contributed by atoms with E-state index in [1.54, 1.807) is 6.92 Å². The highest BCUT2D eigenvalue weighted by atomic mass is 16.5. The number of aryl methyl sites for hydroxylation is 1. The molecule has 0 fully saturated rings. The number of benzene rings is 1. The third-order valence-corrected chi connectivity index (χ3v) is 3.42. The molecule has 22 heavy (non-hydrogen) atoms. The Labute approximate surface area is 131 Å². The molecule has 0 saturated heterocycles. The molecule has 114 valence electrons. The van der Waals surface area contributed by atoms with Crippen LogP contribution in [0.3, 0.4) is 0 Å². The van der Waals surface area contributed by atoms with Gasteiger partial charge in [0.05, 0.1) is 28.9 Å². The van der Waals surface area contributed by atoms with Crippen LogP contribution in [-0.4, -0.2) is 17.6 Å². The molecular formula is C19H21NO2. The SMILES string of the molecule is CCCCC#Cc1c(C(=O)OCC)c(C)nc2ccccc12. The third-order valence-electron chi connectivity index (χ3n) is 3.42. The Kier molecular flexibility index (Phi) is 5.55. The number of pyridine rings is 1. The van der Waals surface area contributed by atoms with E-state index < -0.39 is 0 Å². The van der Waals surface area contributed by atoms with Gasteiger partial charge in [0.1, 0.15) is 0 Å². The van der Waals surface area contributed by atoms with Crippen molar-refractivity contribution >= 4 is 16.9 Å². The normalized spacial score (nSPS) is 10.1. The molecule has 0 N–H and O–H groups in total. The fraction of sp³-hybridized carbons (Fsp3) is 0.368. The zero-order valence-corrected chi connectivity index (χ0v) is 13.4. The predicted octanol–water partition coefficient (Wildman–Crippen LogP) is 4.26. The van der Waals surface area contributed by atoms with E-state index in [-0.39, 0.29) is 5.97 Å². The Bertz CT molecular complexity index is 738. The molecule has 2 rings (SSSR count). The minimum Gasteiger partial charge on any atom is -0.462 e. The van der Waals surface area contributed by atoms with E-state index in [0.29, 0.717) is 17.9 Å². The van der Waals surface area contributed by atoms with Crippen molar-refractivity contribution in [3.63, 3.8) is 0 Å². The highest BCUT2D eigenvalue weighted by Crippen LogP contribution is 2.23. The Hall–Kier alpha value is -2.34. The van der Waals surface area contributed by atoms with E-state index in [0.717, 1.165) is 35.7 Å². The first-order chi connectivity index (χ1) is 10.7. The number of ether oxygens (including phenoxy) is 1. The first-order valence-corrected chi connectivity index (χ1v) is 7.74. The summed E-state index contributed by atoms with van der Waals surface area (Å²) in [5, 5.41) is 0.903. The van der Waals surface area contributed by atoms with Gasteiger partial charge in [-0.05, 0) is 26.3 Å². The van der Waals surface area contributed by atoms with E-state index in [4.69, 9.17) is 4.74 Å². The second kappa shape index (κ2) is 7.61. The number of hydrogen-bond donors (Lipinski definition) is 0. The summed E-state index contributed by atoms with van der Waals surface area (Å²) in [7, 11) is 0. The molecule has 0 bridgehead atoms. The minimum absolute atomic E-state index is 0.341. The number of esters is 1. The van der Waals surface area contributed by atoms with Crippen molar-refractivity contribution in [3.05, 3.63) is 41.1 Å². The average molecular weight is 295 g/mol. The molecule has 0 atom stereocenters. The van der Waals surface area contributed by atoms with Crippen LogP contribution < -0.4 is 0 Å². The van der Waals surface area contributed by atoms with Gasteiger partial charge in [-0.15, -0.1) is 0 Å². The summed E-state index contributed by atoms with van der Waals surface area (Å²) >= 11 is 0. The molecule has 0 amide bonds. The maximum atomic E-state index is 12.3. The number of nitrogens with zero attached hydrogens (tertiary/aromatic N) is 1. The highest BCUT2D eigenvalue weighted by molar-refractivity contribution is 6.00. The lowest BCUT2D eigenvalue weighted by Crippen LogP contribution is -2.11. The van der Waals surface area contributed by atoms with Crippen molar-refractivity contribution in [3.8, 4) is 11.8 Å². The number of para-hydroxylation sites is 1. The van der Waals surface area contributed by atoms with Crippen LogP contribution in [0.15, 0.2) is 24.3 Å². The molecule has 1 aromatic carbocycles. The van der Waals surface area contributed by atoms with Gasteiger partial charge in [-0.1, -0.05) is 43.4 Å². The van der Waals surface area contributed by atoms with Crippen LogP contribution >= 0.6 is 0 Å². The summed E-state index contributed by atoms with van der Waals surface area (Å²) in [5.41, 5.74) is 2.74. The molecular weight excluding hydrogens is 274 g/mol. The number of fused-ring (bicyclic) bond motifs is 1. The standard InChI is InChI=1S/C19H21NO2/c1-4-6-7-8-12-16-15-11-9-10-13-17(15)20-14(3)18(16)19(21)22-5-2/h9-11,13H,4-7H2,1-3H3.